The fourth-order valence-corrected chi connectivity index (χ4v) is 5.36. The van der Waals surface area contributed by atoms with Crippen molar-refractivity contribution in [1.82, 2.24) is 15.0 Å². The standard InChI is InChI=1S/C21H21N3O4S/c1-26-14-2-3-16(22-13-14)19-12-15-18(29-19)5-11-27-21(15)6-9-24(10-7-21)20(25)17-4-8-23-28-17/h2-4,8,12-13H,5-7,9-11H2,1H3. The van der Waals surface area contributed by atoms with E-state index in [1.807, 2.05) is 17.0 Å². The monoisotopic (exact) mass is 411 g/mol. The quantitative estimate of drug-likeness (QED) is 0.656. The van der Waals surface area contributed by atoms with Gasteiger partial charge in [-0.05, 0) is 36.6 Å². The summed E-state index contributed by atoms with van der Waals surface area (Å²) in [6, 6.07) is 7.75. The first-order chi connectivity index (χ1) is 14.2. The predicted molar refractivity (Wildman–Crippen MR) is 107 cm³/mol. The van der Waals surface area contributed by atoms with Crippen molar-refractivity contribution in [3.63, 3.8) is 0 Å². The van der Waals surface area contributed by atoms with Crippen LogP contribution in [0.5, 0.6) is 5.75 Å². The number of nitrogens with zero attached hydrogens (tertiary/aromatic N) is 3. The molecular weight excluding hydrogens is 390 g/mol. The minimum atomic E-state index is -0.326. The summed E-state index contributed by atoms with van der Waals surface area (Å²) in [6.07, 6.45) is 5.69. The van der Waals surface area contributed by atoms with E-state index in [1.54, 1.807) is 30.7 Å². The van der Waals surface area contributed by atoms with Crippen molar-refractivity contribution in [3.05, 3.63) is 52.9 Å². The molecule has 0 aliphatic carbocycles. The molecule has 1 saturated heterocycles. The van der Waals surface area contributed by atoms with Gasteiger partial charge in [-0.25, -0.2) is 0 Å². The lowest BCUT2D eigenvalue weighted by Crippen LogP contribution is -2.48. The van der Waals surface area contributed by atoms with E-state index < -0.39 is 0 Å². The van der Waals surface area contributed by atoms with Crippen molar-refractivity contribution in [1.29, 1.82) is 0 Å². The van der Waals surface area contributed by atoms with Crippen LogP contribution in [0.25, 0.3) is 10.6 Å². The van der Waals surface area contributed by atoms with Crippen molar-refractivity contribution in [3.8, 4) is 16.3 Å². The maximum absolute atomic E-state index is 12.6. The van der Waals surface area contributed by atoms with E-state index in [0.29, 0.717) is 19.7 Å². The number of hydrogen-bond donors (Lipinski definition) is 0. The second-order valence-corrected chi connectivity index (χ2v) is 8.43. The minimum absolute atomic E-state index is 0.109. The van der Waals surface area contributed by atoms with Crippen LogP contribution in [0.15, 0.2) is 41.2 Å². The van der Waals surface area contributed by atoms with E-state index in [4.69, 9.17) is 14.0 Å². The molecule has 150 valence electrons. The van der Waals surface area contributed by atoms with Crippen LogP contribution >= 0.6 is 11.3 Å². The zero-order valence-corrected chi connectivity index (χ0v) is 16.9. The molecule has 0 N–H and O–H groups in total. The molecule has 5 rings (SSSR count). The first kappa shape index (κ1) is 18.3. The highest BCUT2D eigenvalue weighted by Gasteiger charge is 2.43. The van der Waals surface area contributed by atoms with Crippen LogP contribution in [0.2, 0.25) is 0 Å². The molecule has 2 aliphatic heterocycles. The molecule has 29 heavy (non-hydrogen) atoms. The Morgan fingerprint density at radius 2 is 2.14 bits per heavy atom. The Kier molecular flexibility index (Phi) is 4.60. The first-order valence-corrected chi connectivity index (χ1v) is 10.5. The molecule has 1 fully saturated rings. The summed E-state index contributed by atoms with van der Waals surface area (Å²) in [5.41, 5.74) is 1.87. The molecule has 0 unspecified atom stereocenters. The van der Waals surface area contributed by atoms with Crippen LogP contribution in [-0.4, -0.2) is 47.8 Å². The molecule has 1 amide bonds. The second-order valence-electron chi connectivity index (χ2n) is 7.29. The molecule has 3 aromatic heterocycles. The summed E-state index contributed by atoms with van der Waals surface area (Å²) in [6.45, 7) is 1.97. The van der Waals surface area contributed by atoms with Gasteiger partial charge >= 0.3 is 0 Å². The summed E-state index contributed by atoms with van der Waals surface area (Å²) < 4.78 is 16.6. The average Bonchev–Trinajstić information content (AvgIpc) is 3.45. The highest BCUT2D eigenvalue weighted by Crippen LogP contribution is 2.46. The topological polar surface area (TPSA) is 77.7 Å². The van der Waals surface area contributed by atoms with Gasteiger partial charge in [0.25, 0.3) is 5.91 Å². The number of ether oxygens (including phenoxy) is 2. The maximum Gasteiger partial charge on any atom is 0.292 e. The van der Waals surface area contributed by atoms with Crippen LogP contribution in [-0.2, 0) is 16.8 Å². The lowest BCUT2D eigenvalue weighted by Gasteiger charge is -2.43. The highest BCUT2D eigenvalue weighted by atomic mass is 32.1. The summed E-state index contributed by atoms with van der Waals surface area (Å²) in [5, 5.41) is 3.63. The number of piperidine rings is 1. The van der Waals surface area contributed by atoms with Gasteiger partial charge in [-0.1, -0.05) is 5.16 Å². The highest BCUT2D eigenvalue weighted by molar-refractivity contribution is 7.15. The third-order valence-electron chi connectivity index (χ3n) is 5.74. The zero-order valence-electron chi connectivity index (χ0n) is 16.1. The molecule has 7 nitrogen and oxygen atoms in total. The van der Waals surface area contributed by atoms with Crippen LogP contribution in [0.3, 0.4) is 0 Å². The van der Waals surface area contributed by atoms with Crippen LogP contribution in [0, 0.1) is 0 Å². The van der Waals surface area contributed by atoms with E-state index in [0.717, 1.165) is 35.6 Å². The van der Waals surface area contributed by atoms with Gasteiger partial charge in [0.1, 0.15) is 5.75 Å². The summed E-state index contributed by atoms with van der Waals surface area (Å²) in [5.74, 6) is 0.926. The molecule has 0 bridgehead atoms. The second kappa shape index (κ2) is 7.27. The zero-order chi connectivity index (χ0) is 19.8. The Balaban J connectivity index is 1.38. The Labute approximate surface area is 172 Å². The number of aromatic nitrogens is 2. The molecule has 3 aromatic rings. The first-order valence-electron chi connectivity index (χ1n) is 9.66. The summed E-state index contributed by atoms with van der Waals surface area (Å²) in [7, 11) is 1.64. The number of rotatable bonds is 3. The van der Waals surface area contributed by atoms with Crippen molar-refractivity contribution >= 4 is 17.2 Å². The lowest BCUT2D eigenvalue weighted by atomic mass is 9.82. The largest absolute Gasteiger partial charge is 0.495 e. The van der Waals surface area contributed by atoms with E-state index in [2.05, 4.69) is 16.2 Å². The maximum atomic E-state index is 12.6. The smallest absolute Gasteiger partial charge is 0.292 e. The van der Waals surface area contributed by atoms with E-state index in [9.17, 15) is 4.79 Å². The van der Waals surface area contributed by atoms with Gasteiger partial charge in [0.05, 0.1) is 42.3 Å². The molecule has 8 heteroatoms. The van der Waals surface area contributed by atoms with Gasteiger partial charge < -0.3 is 18.9 Å². The molecular formula is C21H21N3O4S. The Morgan fingerprint density at radius 3 is 2.83 bits per heavy atom. The number of hydrogen-bond acceptors (Lipinski definition) is 7. The van der Waals surface area contributed by atoms with E-state index >= 15 is 0 Å². The Hall–Kier alpha value is -2.71. The number of carbonyl (C=O) groups is 1. The number of thiophene rings is 1. The summed E-state index contributed by atoms with van der Waals surface area (Å²) in [4.78, 5) is 21.4. The van der Waals surface area contributed by atoms with Crippen LogP contribution in [0.4, 0.5) is 0 Å². The molecule has 5 heterocycles. The molecule has 0 atom stereocenters. The van der Waals surface area contributed by atoms with Crippen molar-refractivity contribution < 1.29 is 18.8 Å². The SMILES string of the molecule is COc1ccc(-c2cc3c(s2)CCOC32CCN(C(=O)c3ccno3)CC2)nc1. The number of carbonyl (C=O) groups excluding carboxylic acids is 1. The lowest BCUT2D eigenvalue weighted by molar-refractivity contribution is -0.0928. The molecule has 1 spiro atoms. The van der Waals surface area contributed by atoms with Gasteiger partial charge in [-0.3, -0.25) is 9.78 Å². The number of pyridine rings is 1. The van der Waals surface area contributed by atoms with Crippen LogP contribution in [0.1, 0.15) is 33.8 Å². The number of likely N-dealkylation sites (tertiary alicyclic amines) is 1. The van der Waals surface area contributed by atoms with Gasteiger partial charge in [-0.2, -0.15) is 0 Å². The average molecular weight is 411 g/mol. The molecule has 0 aromatic carbocycles. The van der Waals surface area contributed by atoms with E-state index in [1.165, 1.54) is 16.6 Å². The predicted octanol–water partition coefficient (Wildman–Crippen LogP) is 3.51. The third kappa shape index (κ3) is 3.22. The fourth-order valence-electron chi connectivity index (χ4n) is 4.16. The van der Waals surface area contributed by atoms with Crippen molar-refractivity contribution in [2.75, 3.05) is 26.8 Å². The summed E-state index contributed by atoms with van der Waals surface area (Å²) >= 11 is 1.79. The van der Waals surface area contributed by atoms with Crippen molar-refractivity contribution in [2.45, 2.75) is 24.9 Å². The van der Waals surface area contributed by atoms with Gasteiger partial charge in [-0.15, -0.1) is 11.3 Å². The number of methoxy groups -OCH3 is 1. The fraction of sp³-hybridized carbons (Fsp3) is 0.381. The molecule has 0 saturated carbocycles. The molecule has 2 aliphatic rings. The van der Waals surface area contributed by atoms with E-state index in [-0.39, 0.29) is 17.3 Å². The number of fused-ring (bicyclic) bond motifs is 2. The van der Waals surface area contributed by atoms with Crippen LogP contribution < -0.4 is 4.74 Å². The van der Waals surface area contributed by atoms with Gasteiger partial charge in [0, 0.05) is 30.5 Å². The minimum Gasteiger partial charge on any atom is -0.495 e. The molecule has 0 radical (unpaired) electrons. The normalized spacial score (nSPS) is 17.9. The Morgan fingerprint density at radius 1 is 1.28 bits per heavy atom. The Bertz CT molecular complexity index is 1010. The third-order valence-corrected chi connectivity index (χ3v) is 6.96. The van der Waals surface area contributed by atoms with Crippen molar-refractivity contribution in [2.24, 2.45) is 0 Å². The number of amides is 1. The van der Waals surface area contributed by atoms with Gasteiger partial charge in [0.15, 0.2) is 0 Å². The van der Waals surface area contributed by atoms with Gasteiger partial charge in [0.2, 0.25) is 5.76 Å².